The Labute approximate surface area is 173 Å². The monoisotopic (exact) mass is 407 g/mol. The van der Waals surface area contributed by atoms with Gasteiger partial charge in [-0.25, -0.2) is 9.59 Å². The molecule has 162 valence electrons. The van der Waals surface area contributed by atoms with E-state index in [1.807, 2.05) is 37.3 Å². The van der Waals surface area contributed by atoms with E-state index in [4.69, 9.17) is 18.9 Å². The maximum absolute atomic E-state index is 12.8. The molecule has 1 N–H and O–H groups in total. The predicted molar refractivity (Wildman–Crippen MR) is 108 cm³/mol. The summed E-state index contributed by atoms with van der Waals surface area (Å²) in [7, 11) is 0. The van der Waals surface area contributed by atoms with Crippen LogP contribution in [-0.4, -0.2) is 42.7 Å². The molecule has 2 rings (SSSR count). The highest BCUT2D eigenvalue weighted by molar-refractivity contribution is 5.82. The second-order valence-corrected chi connectivity index (χ2v) is 8.15. The molecule has 0 aliphatic carbocycles. The van der Waals surface area contributed by atoms with Crippen LogP contribution in [0.2, 0.25) is 0 Å². The van der Waals surface area contributed by atoms with Crippen LogP contribution in [0.4, 0.5) is 4.79 Å². The van der Waals surface area contributed by atoms with Crippen molar-refractivity contribution in [2.45, 2.75) is 84.0 Å². The number of esters is 1. The van der Waals surface area contributed by atoms with Gasteiger partial charge in [0.25, 0.3) is 0 Å². The summed E-state index contributed by atoms with van der Waals surface area (Å²) in [6.07, 6.45) is 0.766. The molecule has 1 saturated heterocycles. The molecule has 7 heteroatoms. The molecule has 1 fully saturated rings. The fourth-order valence-corrected chi connectivity index (χ4v) is 3.15. The second kappa shape index (κ2) is 10.6. The van der Waals surface area contributed by atoms with Crippen LogP contribution in [0.5, 0.6) is 0 Å². The van der Waals surface area contributed by atoms with E-state index in [1.165, 1.54) is 0 Å². The number of hydrogen-bond acceptors (Lipinski definition) is 6. The van der Waals surface area contributed by atoms with E-state index in [1.54, 1.807) is 27.7 Å². The quantitative estimate of drug-likeness (QED) is 0.685. The molecule has 29 heavy (non-hydrogen) atoms. The molecule has 1 amide bonds. The zero-order valence-corrected chi connectivity index (χ0v) is 18.0. The Kier molecular flexibility index (Phi) is 8.46. The standard InChI is InChI=1S/C22H33NO6/c1-6-26-20(24)18(23-21(25)29-22(3,4)5)19(16-12-8-7-9-13-16)28-17-14-10-11-15(2)27-17/h7-9,12-13,15,17-19H,6,10-11,14H2,1-5H3,(H,23,25)/t15-,17+,18?,19+/m0/s1. The molecule has 0 bridgehead atoms. The van der Waals surface area contributed by atoms with Crippen molar-refractivity contribution < 1.29 is 28.5 Å². The zero-order chi connectivity index (χ0) is 21.4. The molecule has 1 unspecified atom stereocenters. The minimum absolute atomic E-state index is 0.0741. The minimum Gasteiger partial charge on any atom is -0.464 e. The number of nitrogens with one attached hydrogen (secondary N) is 1. The van der Waals surface area contributed by atoms with Crippen LogP contribution >= 0.6 is 0 Å². The van der Waals surface area contributed by atoms with Crippen LogP contribution in [0.3, 0.4) is 0 Å². The lowest BCUT2D eigenvalue weighted by molar-refractivity contribution is -0.219. The lowest BCUT2D eigenvalue weighted by atomic mass is 10.0. The molecule has 1 heterocycles. The van der Waals surface area contributed by atoms with Crippen molar-refractivity contribution in [3.63, 3.8) is 0 Å². The van der Waals surface area contributed by atoms with Gasteiger partial charge in [-0.1, -0.05) is 30.3 Å². The van der Waals surface area contributed by atoms with Gasteiger partial charge in [-0.2, -0.15) is 0 Å². The molecule has 1 aromatic carbocycles. The maximum atomic E-state index is 12.8. The molecule has 0 spiro atoms. The average molecular weight is 408 g/mol. The van der Waals surface area contributed by atoms with Gasteiger partial charge < -0.3 is 24.3 Å². The Bertz CT molecular complexity index is 657. The van der Waals surface area contributed by atoms with Gasteiger partial charge in [-0.15, -0.1) is 0 Å². The Morgan fingerprint density at radius 1 is 1.21 bits per heavy atom. The number of hydrogen-bond donors (Lipinski definition) is 1. The highest BCUT2D eigenvalue weighted by atomic mass is 16.7. The molecule has 0 saturated carbocycles. The van der Waals surface area contributed by atoms with Crippen LogP contribution in [-0.2, 0) is 23.7 Å². The summed E-state index contributed by atoms with van der Waals surface area (Å²) in [4.78, 5) is 25.2. The third-order valence-electron chi connectivity index (χ3n) is 4.38. The molecule has 1 aliphatic rings. The predicted octanol–water partition coefficient (Wildman–Crippen LogP) is 4.12. The highest BCUT2D eigenvalue weighted by Gasteiger charge is 2.37. The summed E-state index contributed by atoms with van der Waals surface area (Å²) in [6.45, 7) is 9.17. The normalized spacial score (nSPS) is 21.7. The summed E-state index contributed by atoms with van der Waals surface area (Å²) in [5.74, 6) is -0.587. The molecular weight excluding hydrogens is 374 g/mol. The van der Waals surface area contributed by atoms with Crippen LogP contribution in [0.15, 0.2) is 30.3 Å². The number of ether oxygens (including phenoxy) is 4. The topological polar surface area (TPSA) is 83.1 Å². The van der Waals surface area contributed by atoms with Crippen molar-refractivity contribution in [1.29, 1.82) is 0 Å². The molecule has 0 radical (unpaired) electrons. The smallest absolute Gasteiger partial charge is 0.408 e. The molecular formula is C22H33NO6. The van der Waals surface area contributed by atoms with Gasteiger partial charge in [0.05, 0.1) is 12.7 Å². The third-order valence-corrected chi connectivity index (χ3v) is 4.38. The van der Waals surface area contributed by atoms with Gasteiger partial charge in [-0.05, 0) is 59.4 Å². The van der Waals surface area contributed by atoms with Crippen molar-refractivity contribution in [3.8, 4) is 0 Å². The van der Waals surface area contributed by atoms with Gasteiger partial charge >= 0.3 is 12.1 Å². The van der Waals surface area contributed by atoms with Gasteiger partial charge in [0.2, 0.25) is 0 Å². The summed E-state index contributed by atoms with van der Waals surface area (Å²) >= 11 is 0. The summed E-state index contributed by atoms with van der Waals surface area (Å²) in [6, 6.07) is 8.20. The minimum atomic E-state index is -1.08. The number of amides is 1. The summed E-state index contributed by atoms with van der Waals surface area (Å²) in [5.41, 5.74) is 0.0392. The first kappa shape index (κ1) is 23.2. The fraction of sp³-hybridized carbons (Fsp3) is 0.636. The second-order valence-electron chi connectivity index (χ2n) is 8.15. The number of rotatable bonds is 7. The van der Waals surface area contributed by atoms with Crippen molar-refractivity contribution in [1.82, 2.24) is 5.32 Å². The van der Waals surface area contributed by atoms with Crippen LogP contribution in [0.1, 0.15) is 65.5 Å². The number of carbonyl (C=O) groups is 2. The lowest BCUT2D eigenvalue weighted by Crippen LogP contribution is -2.49. The van der Waals surface area contributed by atoms with Crippen LogP contribution in [0.25, 0.3) is 0 Å². The van der Waals surface area contributed by atoms with E-state index >= 15 is 0 Å². The van der Waals surface area contributed by atoms with Crippen molar-refractivity contribution in [2.75, 3.05) is 6.61 Å². The average Bonchev–Trinajstić information content (AvgIpc) is 2.64. The number of carbonyl (C=O) groups excluding carboxylic acids is 2. The lowest BCUT2D eigenvalue weighted by Gasteiger charge is -2.34. The van der Waals surface area contributed by atoms with E-state index in [-0.39, 0.29) is 12.7 Å². The van der Waals surface area contributed by atoms with E-state index in [0.29, 0.717) is 0 Å². The zero-order valence-electron chi connectivity index (χ0n) is 18.0. The summed E-state index contributed by atoms with van der Waals surface area (Å²) in [5, 5.41) is 2.64. The van der Waals surface area contributed by atoms with Crippen LogP contribution < -0.4 is 5.32 Å². The molecule has 1 aliphatic heterocycles. The Morgan fingerprint density at radius 3 is 2.48 bits per heavy atom. The van der Waals surface area contributed by atoms with Gasteiger partial charge in [0, 0.05) is 0 Å². The Hall–Kier alpha value is -2.12. The van der Waals surface area contributed by atoms with E-state index < -0.39 is 36.1 Å². The van der Waals surface area contributed by atoms with Gasteiger partial charge in [0.15, 0.2) is 12.3 Å². The SMILES string of the molecule is CCOC(=O)C(NC(=O)OC(C)(C)C)[C@H](O[C@@H]1CCC[C@H](C)O1)c1ccccc1. The molecule has 0 aromatic heterocycles. The number of benzene rings is 1. The molecule has 7 nitrogen and oxygen atoms in total. The Morgan fingerprint density at radius 2 is 1.90 bits per heavy atom. The van der Waals surface area contributed by atoms with E-state index in [9.17, 15) is 9.59 Å². The first-order chi connectivity index (χ1) is 13.7. The number of alkyl carbamates (subject to hydrolysis) is 1. The molecule has 1 aromatic rings. The molecule has 4 atom stereocenters. The van der Waals surface area contributed by atoms with Crippen molar-refractivity contribution >= 4 is 12.1 Å². The third kappa shape index (κ3) is 7.66. The van der Waals surface area contributed by atoms with Gasteiger partial charge in [0.1, 0.15) is 11.7 Å². The maximum Gasteiger partial charge on any atom is 0.408 e. The highest BCUT2D eigenvalue weighted by Crippen LogP contribution is 2.29. The first-order valence-corrected chi connectivity index (χ1v) is 10.2. The van der Waals surface area contributed by atoms with Crippen LogP contribution in [0, 0.1) is 0 Å². The first-order valence-electron chi connectivity index (χ1n) is 10.2. The fourth-order valence-electron chi connectivity index (χ4n) is 3.15. The van der Waals surface area contributed by atoms with E-state index in [2.05, 4.69) is 5.32 Å². The van der Waals surface area contributed by atoms with E-state index in [0.717, 1.165) is 24.8 Å². The van der Waals surface area contributed by atoms with Crippen molar-refractivity contribution in [3.05, 3.63) is 35.9 Å². The Balaban J connectivity index is 2.29. The van der Waals surface area contributed by atoms with Gasteiger partial charge in [-0.3, -0.25) is 0 Å². The summed E-state index contributed by atoms with van der Waals surface area (Å²) < 4.78 is 22.7. The van der Waals surface area contributed by atoms with Crippen molar-refractivity contribution in [2.24, 2.45) is 0 Å². The largest absolute Gasteiger partial charge is 0.464 e.